The monoisotopic (exact) mass is 234 g/mol. The molecule has 50 valence electrons. The molecule has 0 bridgehead atoms. The van der Waals surface area contributed by atoms with E-state index in [0.29, 0.717) is 0 Å². The van der Waals surface area contributed by atoms with Crippen molar-refractivity contribution in [1.29, 1.82) is 0 Å². The first-order chi connectivity index (χ1) is 4.18. The summed E-state index contributed by atoms with van der Waals surface area (Å²) in [7, 11) is 0. The van der Waals surface area contributed by atoms with Crippen molar-refractivity contribution in [3.63, 3.8) is 0 Å². The fraction of sp³-hybridized carbons (Fsp3) is 0. The third kappa shape index (κ3) is 3.22. The Balaban J connectivity index is 0.000000810. The van der Waals surface area contributed by atoms with Crippen LogP contribution in [0.1, 0.15) is 0 Å². The third-order valence-electron chi connectivity index (χ3n) is 0.447. The maximum absolute atomic E-state index is 9.79. The molecular formula is C2AsKO6. The Labute approximate surface area is 104 Å². The number of carboxylic acid groups (broad SMARTS) is 1. The van der Waals surface area contributed by atoms with Crippen LogP contribution in [0.3, 0.4) is 0 Å². The quantitative estimate of drug-likeness (QED) is 0.425. The first-order valence-electron chi connectivity index (χ1n) is 1.77. The van der Waals surface area contributed by atoms with E-state index in [2.05, 4.69) is 11.2 Å². The van der Waals surface area contributed by atoms with Gasteiger partial charge < -0.3 is 0 Å². The minimum Gasteiger partial charge on any atom is 1.00 e. The molecule has 10 heavy (non-hydrogen) atoms. The Morgan fingerprint density at radius 2 is 2.10 bits per heavy atom. The van der Waals surface area contributed by atoms with Gasteiger partial charge in [0.1, 0.15) is 0 Å². The molecule has 1 fully saturated rings. The number of carbonyl (C=O) groups excluding carboxylic acids is 2. The van der Waals surface area contributed by atoms with Gasteiger partial charge >= 0.3 is 105 Å². The van der Waals surface area contributed by atoms with Gasteiger partial charge in [-0.05, 0) is 0 Å². The molecule has 0 aromatic rings. The molecule has 0 radical (unpaired) electrons. The fourth-order valence-electron chi connectivity index (χ4n) is 0.227. The van der Waals surface area contributed by atoms with Crippen LogP contribution in [-0.2, 0) is 11.2 Å². The van der Waals surface area contributed by atoms with E-state index in [0.717, 1.165) is 0 Å². The summed E-state index contributed by atoms with van der Waals surface area (Å²) >= 11 is -2.69. The summed E-state index contributed by atoms with van der Waals surface area (Å²) in [6.45, 7) is 0. The van der Waals surface area contributed by atoms with E-state index in [9.17, 15) is 14.7 Å². The summed E-state index contributed by atoms with van der Waals surface area (Å²) in [4.78, 5) is 19.3. The summed E-state index contributed by atoms with van der Waals surface area (Å²) in [6, 6.07) is 0. The second-order valence-electron chi connectivity index (χ2n) is 0.997. The van der Waals surface area contributed by atoms with Crippen LogP contribution in [-0.4, -0.2) is 28.0 Å². The van der Waals surface area contributed by atoms with E-state index < -0.39 is 28.0 Å². The standard InChI is InChI=1S/C2HAsO6.K/c4-1(5)7-3-8-2(6)9-3;/h(H,4,5);/q;+1/p-1. The second-order valence-corrected chi connectivity index (χ2v) is 3.08. The molecule has 6 nitrogen and oxygen atoms in total. The van der Waals surface area contributed by atoms with Gasteiger partial charge in [0.25, 0.3) is 0 Å². The summed E-state index contributed by atoms with van der Waals surface area (Å²) in [5, 5.41) is 9.54. The molecule has 0 N–H and O–H groups in total. The molecule has 1 heterocycles. The van der Waals surface area contributed by atoms with Crippen LogP contribution in [0.25, 0.3) is 0 Å². The molecule has 0 atom stereocenters. The van der Waals surface area contributed by atoms with E-state index in [1.165, 1.54) is 0 Å². The van der Waals surface area contributed by atoms with Crippen molar-refractivity contribution in [2.24, 2.45) is 0 Å². The topological polar surface area (TPSA) is 84.9 Å². The minimum absolute atomic E-state index is 0. The average molecular weight is 234 g/mol. The van der Waals surface area contributed by atoms with E-state index in [1.807, 2.05) is 0 Å². The molecule has 0 amide bonds. The van der Waals surface area contributed by atoms with E-state index in [4.69, 9.17) is 0 Å². The Hall–Kier alpha value is 0.735. The molecular weight excluding hydrogens is 234 g/mol. The smallest absolute Gasteiger partial charge is 1.00 e. The maximum Gasteiger partial charge on any atom is 1.00 e. The van der Waals surface area contributed by atoms with Crippen molar-refractivity contribution in [3.05, 3.63) is 0 Å². The van der Waals surface area contributed by atoms with Crippen molar-refractivity contribution in [2.75, 3.05) is 0 Å². The number of hydrogen-bond donors (Lipinski definition) is 0. The van der Waals surface area contributed by atoms with Gasteiger partial charge in [-0.25, -0.2) is 0 Å². The average Bonchev–Trinajstić information content (AvgIpc) is 1.60. The Bertz CT molecular complexity index is 150. The normalized spacial score (nSPS) is 15.4. The zero-order valence-corrected chi connectivity index (χ0v) is 9.90. The molecule has 1 saturated heterocycles. The van der Waals surface area contributed by atoms with Crippen LogP contribution in [0.15, 0.2) is 0 Å². The molecule has 1 rings (SSSR count). The summed E-state index contributed by atoms with van der Waals surface area (Å²) < 4.78 is 12.0. The first-order valence-corrected chi connectivity index (χ1v) is 4.07. The molecule has 1 aliphatic heterocycles. The molecule has 0 saturated carbocycles. The van der Waals surface area contributed by atoms with E-state index >= 15 is 0 Å². The molecule has 8 heteroatoms. The summed E-state index contributed by atoms with van der Waals surface area (Å²) in [6.07, 6.45) is -2.63. The molecule has 0 aromatic carbocycles. The number of hydrogen-bond acceptors (Lipinski definition) is 6. The zero-order chi connectivity index (χ0) is 6.85. The zero-order valence-electron chi connectivity index (χ0n) is 4.90. The Morgan fingerprint density at radius 3 is 2.40 bits per heavy atom. The van der Waals surface area contributed by atoms with Gasteiger partial charge in [0.05, 0.1) is 0 Å². The fourth-order valence-corrected chi connectivity index (χ4v) is 1.18. The van der Waals surface area contributed by atoms with Crippen LogP contribution in [0.4, 0.5) is 9.59 Å². The van der Waals surface area contributed by atoms with Crippen molar-refractivity contribution in [3.8, 4) is 0 Å². The van der Waals surface area contributed by atoms with Crippen LogP contribution >= 0.6 is 0 Å². The van der Waals surface area contributed by atoms with Gasteiger partial charge in [-0.1, -0.05) is 0 Å². The predicted molar refractivity (Wildman–Crippen MR) is 19.8 cm³/mol. The molecule has 0 unspecified atom stereocenters. The Kier molecular flexibility index (Phi) is 4.92. The van der Waals surface area contributed by atoms with Crippen LogP contribution in [0.5, 0.6) is 0 Å². The van der Waals surface area contributed by atoms with E-state index in [1.54, 1.807) is 0 Å². The van der Waals surface area contributed by atoms with Gasteiger partial charge in [0, 0.05) is 0 Å². The summed E-state index contributed by atoms with van der Waals surface area (Å²) in [5.41, 5.74) is 0. The SMILES string of the molecule is O=C([O-])O[As]1OC(=O)O1.[K+]. The van der Waals surface area contributed by atoms with Crippen molar-refractivity contribution < 1.29 is 77.3 Å². The Morgan fingerprint density at radius 1 is 1.60 bits per heavy atom. The first kappa shape index (κ1) is 10.7. The predicted octanol–water partition coefficient (Wildman–Crippen LogP) is -4.50. The number of carbonyl (C=O) groups is 2. The van der Waals surface area contributed by atoms with Gasteiger partial charge in [-0.15, -0.1) is 0 Å². The minimum atomic E-state index is -2.69. The van der Waals surface area contributed by atoms with Crippen molar-refractivity contribution >= 4 is 28.0 Å². The number of rotatable bonds is 1. The van der Waals surface area contributed by atoms with Gasteiger partial charge in [0.2, 0.25) is 0 Å². The summed E-state index contributed by atoms with van der Waals surface area (Å²) in [5.74, 6) is 0. The van der Waals surface area contributed by atoms with Crippen molar-refractivity contribution in [1.82, 2.24) is 0 Å². The molecule has 0 aliphatic carbocycles. The van der Waals surface area contributed by atoms with Gasteiger partial charge in [-0.2, -0.15) is 0 Å². The van der Waals surface area contributed by atoms with Crippen molar-refractivity contribution in [2.45, 2.75) is 0 Å². The van der Waals surface area contributed by atoms with Crippen LogP contribution in [0.2, 0.25) is 0 Å². The third-order valence-corrected chi connectivity index (χ3v) is 2.32. The van der Waals surface area contributed by atoms with Gasteiger partial charge in [0.15, 0.2) is 0 Å². The second kappa shape index (κ2) is 4.58. The molecule has 1 aliphatic rings. The van der Waals surface area contributed by atoms with Crippen LogP contribution < -0.4 is 56.5 Å². The molecule has 0 aromatic heterocycles. The molecule has 0 spiro atoms. The van der Waals surface area contributed by atoms with E-state index in [-0.39, 0.29) is 51.4 Å². The van der Waals surface area contributed by atoms with Crippen LogP contribution in [0, 0.1) is 0 Å². The largest absolute Gasteiger partial charge is 1.00 e. The maximum atomic E-state index is 9.79. The van der Waals surface area contributed by atoms with Gasteiger partial charge in [-0.3, -0.25) is 0 Å².